The smallest absolute Gasteiger partial charge is 0.317 e. The Morgan fingerprint density at radius 2 is 1.96 bits per heavy atom. The van der Waals surface area contributed by atoms with E-state index in [4.69, 9.17) is 0 Å². The molecule has 138 valence electrons. The van der Waals surface area contributed by atoms with Crippen LogP contribution in [0.3, 0.4) is 0 Å². The summed E-state index contributed by atoms with van der Waals surface area (Å²) in [4.78, 5) is 28.1. The minimum absolute atomic E-state index is 0.0930. The number of halogens is 1. The van der Waals surface area contributed by atoms with Crippen molar-refractivity contribution in [1.29, 1.82) is 0 Å². The molecular formula is C19H28FN3O2. The van der Waals surface area contributed by atoms with E-state index in [0.717, 1.165) is 38.8 Å². The molecule has 5 nitrogen and oxygen atoms in total. The number of hydrogen-bond acceptors (Lipinski definition) is 2. The lowest BCUT2D eigenvalue weighted by Crippen LogP contribution is -2.46. The topological polar surface area (TPSA) is 52.7 Å². The third-order valence-electron chi connectivity index (χ3n) is 4.42. The van der Waals surface area contributed by atoms with E-state index in [0.29, 0.717) is 12.2 Å². The first-order chi connectivity index (χ1) is 12.0. The zero-order valence-electron chi connectivity index (χ0n) is 15.1. The zero-order chi connectivity index (χ0) is 18.2. The Morgan fingerprint density at radius 3 is 2.56 bits per heavy atom. The summed E-state index contributed by atoms with van der Waals surface area (Å²) in [6.07, 6.45) is 4.25. The van der Waals surface area contributed by atoms with Gasteiger partial charge in [-0.1, -0.05) is 32.8 Å². The van der Waals surface area contributed by atoms with Crippen LogP contribution in [0.2, 0.25) is 0 Å². The minimum atomic E-state index is -0.372. The van der Waals surface area contributed by atoms with Gasteiger partial charge in [-0.2, -0.15) is 0 Å². The standard InChI is InChI=1S/C19H28FN3O2/c1-3-5-10-22(11-6-4-2)19(25)21-16-13-18(24)23(14-16)17-9-7-8-15(20)12-17/h7-9,12,16H,3-6,10-11,13-14H2,1-2H3,(H,21,25)/t16-/m0/s1. The van der Waals surface area contributed by atoms with Gasteiger partial charge in [0.2, 0.25) is 5.91 Å². The molecule has 1 aliphatic rings. The van der Waals surface area contributed by atoms with Crippen molar-refractivity contribution in [2.24, 2.45) is 0 Å². The summed E-state index contributed by atoms with van der Waals surface area (Å²) >= 11 is 0. The van der Waals surface area contributed by atoms with Crippen molar-refractivity contribution >= 4 is 17.6 Å². The van der Waals surface area contributed by atoms with Crippen molar-refractivity contribution in [1.82, 2.24) is 10.2 Å². The molecule has 0 radical (unpaired) electrons. The summed E-state index contributed by atoms with van der Waals surface area (Å²) in [5.41, 5.74) is 0.538. The zero-order valence-corrected chi connectivity index (χ0v) is 15.1. The normalized spacial score (nSPS) is 17.0. The third-order valence-corrected chi connectivity index (χ3v) is 4.42. The van der Waals surface area contributed by atoms with Gasteiger partial charge >= 0.3 is 6.03 Å². The number of hydrogen-bond donors (Lipinski definition) is 1. The Bertz CT molecular complexity index is 586. The second-order valence-corrected chi connectivity index (χ2v) is 6.53. The van der Waals surface area contributed by atoms with Crippen molar-refractivity contribution < 1.29 is 14.0 Å². The third kappa shape index (κ3) is 5.44. The molecule has 1 atom stereocenters. The Morgan fingerprint density at radius 1 is 1.28 bits per heavy atom. The largest absolute Gasteiger partial charge is 0.333 e. The number of unbranched alkanes of at least 4 members (excludes halogenated alkanes) is 2. The maximum Gasteiger partial charge on any atom is 0.317 e. The second-order valence-electron chi connectivity index (χ2n) is 6.53. The average Bonchev–Trinajstić information content (AvgIpc) is 2.95. The molecule has 0 saturated carbocycles. The molecule has 1 N–H and O–H groups in total. The first-order valence-corrected chi connectivity index (χ1v) is 9.16. The molecule has 2 rings (SSSR count). The van der Waals surface area contributed by atoms with E-state index in [9.17, 15) is 14.0 Å². The molecule has 1 aromatic rings. The lowest BCUT2D eigenvalue weighted by molar-refractivity contribution is -0.117. The number of benzene rings is 1. The molecule has 1 aliphatic heterocycles. The molecule has 3 amide bonds. The molecule has 0 bridgehead atoms. The molecule has 0 aliphatic carbocycles. The number of urea groups is 1. The Labute approximate surface area is 149 Å². The Balaban J connectivity index is 1.95. The fraction of sp³-hybridized carbons (Fsp3) is 0.579. The lowest BCUT2D eigenvalue weighted by atomic mass is 10.2. The van der Waals surface area contributed by atoms with Gasteiger partial charge in [0.15, 0.2) is 0 Å². The molecule has 1 aromatic carbocycles. The van der Waals surface area contributed by atoms with Gasteiger partial charge in [0.05, 0.1) is 6.04 Å². The summed E-state index contributed by atoms with van der Waals surface area (Å²) < 4.78 is 13.4. The van der Waals surface area contributed by atoms with E-state index < -0.39 is 0 Å². The molecule has 1 heterocycles. The first-order valence-electron chi connectivity index (χ1n) is 9.16. The molecule has 0 aromatic heterocycles. The number of rotatable bonds is 8. The first kappa shape index (κ1) is 19.2. The average molecular weight is 349 g/mol. The number of anilines is 1. The lowest BCUT2D eigenvalue weighted by Gasteiger charge is -2.25. The van der Waals surface area contributed by atoms with Gasteiger partial charge in [-0.15, -0.1) is 0 Å². The van der Waals surface area contributed by atoms with Crippen molar-refractivity contribution in [2.75, 3.05) is 24.5 Å². The fourth-order valence-electron chi connectivity index (χ4n) is 2.98. The number of carbonyl (C=O) groups is 2. The van der Waals surface area contributed by atoms with E-state index in [1.807, 2.05) is 4.90 Å². The van der Waals surface area contributed by atoms with Crippen LogP contribution in [0.1, 0.15) is 46.0 Å². The molecule has 1 saturated heterocycles. The summed E-state index contributed by atoms with van der Waals surface area (Å²) in [6.45, 7) is 6.04. The van der Waals surface area contributed by atoms with E-state index in [2.05, 4.69) is 19.2 Å². The molecular weight excluding hydrogens is 321 g/mol. The molecule has 6 heteroatoms. The predicted octanol–water partition coefficient (Wildman–Crippen LogP) is 3.54. The van der Waals surface area contributed by atoms with E-state index >= 15 is 0 Å². The highest BCUT2D eigenvalue weighted by atomic mass is 19.1. The van der Waals surface area contributed by atoms with Crippen LogP contribution in [0.25, 0.3) is 0 Å². The molecule has 0 unspecified atom stereocenters. The van der Waals surface area contributed by atoms with Crippen LogP contribution >= 0.6 is 0 Å². The van der Waals surface area contributed by atoms with Gasteiger partial charge in [-0.25, -0.2) is 9.18 Å². The van der Waals surface area contributed by atoms with Crippen LogP contribution in [-0.4, -0.2) is 42.5 Å². The van der Waals surface area contributed by atoms with Crippen molar-refractivity contribution in [3.05, 3.63) is 30.1 Å². The molecule has 1 fully saturated rings. The summed E-state index contributed by atoms with van der Waals surface area (Å²) in [7, 11) is 0. The maximum atomic E-state index is 13.4. The van der Waals surface area contributed by atoms with E-state index in [-0.39, 0.29) is 30.2 Å². The molecule has 25 heavy (non-hydrogen) atoms. The van der Waals surface area contributed by atoms with Gasteiger partial charge in [0.25, 0.3) is 0 Å². The van der Waals surface area contributed by atoms with Gasteiger partial charge in [0.1, 0.15) is 5.82 Å². The van der Waals surface area contributed by atoms with Crippen molar-refractivity contribution in [3.8, 4) is 0 Å². The highest BCUT2D eigenvalue weighted by Crippen LogP contribution is 2.22. The summed E-state index contributed by atoms with van der Waals surface area (Å²) in [6, 6.07) is 5.63. The predicted molar refractivity (Wildman–Crippen MR) is 97.1 cm³/mol. The van der Waals surface area contributed by atoms with Gasteiger partial charge in [-0.05, 0) is 31.0 Å². The monoisotopic (exact) mass is 349 g/mol. The van der Waals surface area contributed by atoms with Gasteiger partial charge < -0.3 is 15.1 Å². The van der Waals surface area contributed by atoms with Crippen molar-refractivity contribution in [2.45, 2.75) is 52.0 Å². The Hall–Kier alpha value is -2.11. The van der Waals surface area contributed by atoms with Gasteiger partial charge in [0, 0.05) is 31.7 Å². The summed E-state index contributed by atoms with van der Waals surface area (Å²) in [5.74, 6) is -0.465. The van der Waals surface area contributed by atoms with Crippen molar-refractivity contribution in [3.63, 3.8) is 0 Å². The quantitative estimate of drug-likeness (QED) is 0.780. The maximum absolute atomic E-state index is 13.4. The van der Waals surface area contributed by atoms with Crippen LogP contribution in [0.5, 0.6) is 0 Å². The minimum Gasteiger partial charge on any atom is -0.333 e. The number of nitrogens with zero attached hydrogens (tertiary/aromatic N) is 2. The number of carbonyl (C=O) groups excluding carboxylic acids is 2. The van der Waals surface area contributed by atoms with E-state index in [1.165, 1.54) is 17.0 Å². The van der Waals surface area contributed by atoms with Crippen LogP contribution < -0.4 is 10.2 Å². The number of amides is 3. The number of nitrogens with one attached hydrogen (secondary N) is 1. The highest BCUT2D eigenvalue weighted by Gasteiger charge is 2.32. The van der Waals surface area contributed by atoms with Crippen LogP contribution in [0, 0.1) is 5.82 Å². The van der Waals surface area contributed by atoms with Gasteiger partial charge in [-0.3, -0.25) is 4.79 Å². The summed E-state index contributed by atoms with van der Waals surface area (Å²) in [5, 5.41) is 2.97. The van der Waals surface area contributed by atoms with Crippen LogP contribution in [-0.2, 0) is 4.79 Å². The highest BCUT2D eigenvalue weighted by molar-refractivity contribution is 5.96. The SMILES string of the molecule is CCCCN(CCCC)C(=O)N[C@H]1CC(=O)N(c2cccc(F)c2)C1. The van der Waals surface area contributed by atoms with Crippen LogP contribution in [0.15, 0.2) is 24.3 Å². The van der Waals surface area contributed by atoms with E-state index in [1.54, 1.807) is 12.1 Å². The fourth-order valence-corrected chi connectivity index (χ4v) is 2.98. The molecule has 0 spiro atoms. The van der Waals surface area contributed by atoms with Crippen LogP contribution in [0.4, 0.5) is 14.9 Å². The second kappa shape index (κ2) is 9.39. The Kier molecular flexibility index (Phi) is 7.22.